The monoisotopic (exact) mass is 498 g/mol. The smallest absolute Gasteiger partial charge is 0.223 e. The molecule has 1 atom stereocenters. The van der Waals surface area contributed by atoms with Crippen LogP contribution in [0.5, 0.6) is 0 Å². The largest absolute Gasteiger partial charge is 0.354 e. The maximum atomic E-state index is 13.8. The molecule has 0 saturated heterocycles. The van der Waals surface area contributed by atoms with Gasteiger partial charge >= 0.3 is 0 Å². The molecule has 192 valence electrons. The summed E-state index contributed by atoms with van der Waals surface area (Å²) in [6.07, 6.45) is 6.09. The zero-order valence-corrected chi connectivity index (χ0v) is 21.7. The SMILES string of the molecule is CCCCN(Cc1ccccc1)C[C@@H]1CCc2nc(-c3ccc(F)cc3)c(-c3ccnc(NCC)n3)n21. The predicted octanol–water partition coefficient (Wildman–Crippen LogP) is 6.37. The molecular formula is C30H35FN6. The second-order valence-corrected chi connectivity index (χ2v) is 9.66. The average Bonchev–Trinajstić information content (AvgIpc) is 3.48. The van der Waals surface area contributed by atoms with Crippen molar-refractivity contribution >= 4 is 5.95 Å². The second-order valence-electron chi connectivity index (χ2n) is 9.66. The number of imidazole rings is 1. The first-order valence-electron chi connectivity index (χ1n) is 13.4. The van der Waals surface area contributed by atoms with E-state index in [1.165, 1.54) is 30.5 Å². The van der Waals surface area contributed by atoms with Crippen LogP contribution in [-0.4, -0.2) is 44.1 Å². The topological polar surface area (TPSA) is 58.9 Å². The van der Waals surface area contributed by atoms with Gasteiger partial charge in [-0.1, -0.05) is 43.7 Å². The van der Waals surface area contributed by atoms with Gasteiger partial charge in [-0.15, -0.1) is 0 Å². The van der Waals surface area contributed by atoms with E-state index in [4.69, 9.17) is 9.97 Å². The van der Waals surface area contributed by atoms with Crippen LogP contribution in [0.1, 0.15) is 50.5 Å². The number of nitrogens with one attached hydrogen (secondary N) is 1. The Morgan fingerprint density at radius 2 is 1.84 bits per heavy atom. The van der Waals surface area contributed by atoms with Crippen molar-refractivity contribution in [3.05, 3.63) is 84.1 Å². The highest BCUT2D eigenvalue weighted by Crippen LogP contribution is 2.39. The molecule has 0 radical (unpaired) electrons. The number of nitrogens with zero attached hydrogens (tertiary/aromatic N) is 5. The zero-order chi connectivity index (χ0) is 25.6. The van der Waals surface area contributed by atoms with Crippen LogP contribution in [-0.2, 0) is 13.0 Å². The number of halogens is 1. The number of aryl methyl sites for hydroxylation is 1. The van der Waals surface area contributed by atoms with Gasteiger partial charge in [0.05, 0.1) is 17.1 Å². The quantitative estimate of drug-likeness (QED) is 0.260. The number of hydrogen-bond acceptors (Lipinski definition) is 5. The summed E-state index contributed by atoms with van der Waals surface area (Å²) in [7, 11) is 0. The minimum atomic E-state index is -0.251. The number of anilines is 1. The molecule has 0 amide bonds. The van der Waals surface area contributed by atoms with Gasteiger partial charge in [-0.25, -0.2) is 19.3 Å². The van der Waals surface area contributed by atoms with Crippen LogP contribution in [0.4, 0.5) is 10.3 Å². The molecule has 4 aromatic rings. The Labute approximate surface area is 218 Å². The Hall–Kier alpha value is -3.58. The van der Waals surface area contributed by atoms with Crippen molar-refractivity contribution in [2.24, 2.45) is 0 Å². The number of hydrogen-bond donors (Lipinski definition) is 1. The van der Waals surface area contributed by atoms with Gasteiger partial charge < -0.3 is 9.88 Å². The van der Waals surface area contributed by atoms with Crippen LogP contribution in [0.15, 0.2) is 66.9 Å². The summed E-state index contributed by atoms with van der Waals surface area (Å²) in [5.74, 6) is 1.42. The average molecular weight is 499 g/mol. The van der Waals surface area contributed by atoms with Crippen LogP contribution in [0.25, 0.3) is 22.6 Å². The van der Waals surface area contributed by atoms with Crippen LogP contribution >= 0.6 is 0 Å². The molecule has 7 heteroatoms. The predicted molar refractivity (Wildman–Crippen MR) is 147 cm³/mol. The van der Waals surface area contributed by atoms with E-state index in [1.54, 1.807) is 18.3 Å². The highest BCUT2D eigenvalue weighted by Gasteiger charge is 2.32. The van der Waals surface area contributed by atoms with Gasteiger partial charge in [0.2, 0.25) is 5.95 Å². The fourth-order valence-electron chi connectivity index (χ4n) is 5.19. The van der Waals surface area contributed by atoms with Crippen molar-refractivity contribution in [2.45, 2.75) is 52.1 Å². The van der Waals surface area contributed by atoms with E-state index < -0.39 is 0 Å². The van der Waals surface area contributed by atoms with E-state index in [0.29, 0.717) is 5.95 Å². The molecule has 6 nitrogen and oxygen atoms in total. The number of rotatable bonds is 11. The molecule has 0 unspecified atom stereocenters. The Morgan fingerprint density at radius 1 is 1.03 bits per heavy atom. The Kier molecular flexibility index (Phi) is 7.90. The van der Waals surface area contributed by atoms with Gasteiger partial charge in [0.1, 0.15) is 11.6 Å². The molecule has 1 aliphatic heterocycles. The fraction of sp³-hybridized carbons (Fsp3) is 0.367. The molecule has 0 spiro atoms. The van der Waals surface area contributed by atoms with Gasteiger partial charge in [-0.2, -0.15) is 0 Å². The highest BCUT2D eigenvalue weighted by atomic mass is 19.1. The zero-order valence-electron chi connectivity index (χ0n) is 21.7. The molecule has 37 heavy (non-hydrogen) atoms. The molecule has 5 rings (SSSR count). The number of unbranched alkanes of at least 4 members (excludes halogenated alkanes) is 1. The summed E-state index contributed by atoms with van der Waals surface area (Å²) in [5, 5.41) is 3.23. The Balaban J connectivity index is 1.54. The number of fused-ring (bicyclic) bond motifs is 1. The molecular weight excluding hydrogens is 463 g/mol. The lowest BCUT2D eigenvalue weighted by Crippen LogP contribution is -2.30. The lowest BCUT2D eigenvalue weighted by Gasteiger charge is -2.27. The van der Waals surface area contributed by atoms with Gasteiger partial charge in [0.15, 0.2) is 0 Å². The van der Waals surface area contributed by atoms with Crippen molar-refractivity contribution < 1.29 is 4.39 Å². The van der Waals surface area contributed by atoms with Crippen molar-refractivity contribution in [1.82, 2.24) is 24.4 Å². The molecule has 0 aliphatic carbocycles. The molecule has 2 aromatic heterocycles. The van der Waals surface area contributed by atoms with E-state index in [-0.39, 0.29) is 11.9 Å². The summed E-state index contributed by atoms with van der Waals surface area (Å²) in [5.41, 5.74) is 4.90. The van der Waals surface area contributed by atoms with Crippen LogP contribution < -0.4 is 5.32 Å². The van der Waals surface area contributed by atoms with Crippen LogP contribution in [0.2, 0.25) is 0 Å². The minimum absolute atomic E-state index is 0.251. The molecule has 3 heterocycles. The molecule has 0 saturated carbocycles. The summed E-state index contributed by atoms with van der Waals surface area (Å²) in [4.78, 5) is 16.9. The molecule has 1 N–H and O–H groups in total. The molecule has 0 fully saturated rings. The number of benzene rings is 2. The van der Waals surface area contributed by atoms with Gasteiger partial charge in [-0.05, 0) is 62.2 Å². The Morgan fingerprint density at radius 3 is 2.59 bits per heavy atom. The van der Waals surface area contributed by atoms with Crippen molar-refractivity contribution in [1.29, 1.82) is 0 Å². The summed E-state index contributed by atoms with van der Waals surface area (Å²) in [6, 6.07) is 19.5. The molecule has 2 aromatic carbocycles. The third kappa shape index (κ3) is 5.72. The normalized spacial score (nSPS) is 14.8. The third-order valence-corrected chi connectivity index (χ3v) is 6.95. The van der Waals surface area contributed by atoms with Crippen molar-refractivity contribution in [2.75, 3.05) is 25.0 Å². The van der Waals surface area contributed by atoms with Gasteiger partial charge in [-0.3, -0.25) is 4.90 Å². The molecule has 1 aliphatic rings. The van der Waals surface area contributed by atoms with Crippen molar-refractivity contribution in [3.63, 3.8) is 0 Å². The van der Waals surface area contributed by atoms with Crippen molar-refractivity contribution in [3.8, 4) is 22.6 Å². The maximum Gasteiger partial charge on any atom is 0.223 e. The lowest BCUT2D eigenvalue weighted by molar-refractivity contribution is 0.223. The third-order valence-electron chi connectivity index (χ3n) is 6.95. The Bertz CT molecular complexity index is 1300. The summed E-state index contributed by atoms with van der Waals surface area (Å²) in [6.45, 7) is 7.95. The maximum absolute atomic E-state index is 13.8. The van der Waals surface area contributed by atoms with Gasteiger partial charge in [0.25, 0.3) is 0 Å². The molecule has 0 bridgehead atoms. The van der Waals surface area contributed by atoms with E-state index in [9.17, 15) is 4.39 Å². The summed E-state index contributed by atoms with van der Waals surface area (Å²) < 4.78 is 16.1. The van der Waals surface area contributed by atoms with Crippen LogP contribution in [0, 0.1) is 5.82 Å². The minimum Gasteiger partial charge on any atom is -0.354 e. The standard InChI is InChI=1S/C30H35FN6/c1-3-5-19-36(20-22-9-7-6-8-10-22)21-25-15-16-27-35-28(23-11-13-24(31)14-12-23)29(37(25)27)26-17-18-33-30(34-26)32-4-2/h6-14,17-18,25H,3-5,15-16,19-21H2,1-2H3,(H,32,33,34)/t25-/m0/s1. The second kappa shape index (κ2) is 11.6. The highest BCUT2D eigenvalue weighted by molar-refractivity contribution is 5.78. The number of aromatic nitrogens is 4. The van der Waals surface area contributed by atoms with E-state index in [1.807, 2.05) is 13.0 Å². The lowest BCUT2D eigenvalue weighted by atomic mass is 10.1. The first-order chi connectivity index (χ1) is 18.2. The first-order valence-corrected chi connectivity index (χ1v) is 13.4. The fourth-order valence-corrected chi connectivity index (χ4v) is 5.19. The summed E-state index contributed by atoms with van der Waals surface area (Å²) >= 11 is 0. The van der Waals surface area contributed by atoms with Crippen LogP contribution in [0.3, 0.4) is 0 Å². The van der Waals surface area contributed by atoms with E-state index in [0.717, 1.165) is 67.5 Å². The van der Waals surface area contributed by atoms with E-state index >= 15 is 0 Å². The van der Waals surface area contributed by atoms with E-state index in [2.05, 4.69) is 57.0 Å². The van der Waals surface area contributed by atoms with Gasteiger partial charge in [0, 0.05) is 43.9 Å². The first kappa shape index (κ1) is 25.1.